The van der Waals surface area contributed by atoms with Crippen LogP contribution in [0.25, 0.3) is 27.4 Å². The minimum absolute atomic E-state index is 0.0228. The third kappa shape index (κ3) is 2.53. The van der Waals surface area contributed by atoms with Gasteiger partial charge >= 0.3 is 6.18 Å². The molecule has 0 radical (unpaired) electrons. The van der Waals surface area contributed by atoms with Crippen LogP contribution < -0.4 is 0 Å². The molecule has 0 amide bonds. The molecule has 1 aliphatic rings. The Morgan fingerprint density at radius 3 is 2.71 bits per heavy atom. The largest absolute Gasteiger partial charge is 0.436 e. The average molecular weight is 428 g/mol. The summed E-state index contributed by atoms with van der Waals surface area (Å²) in [5.74, 6) is 0.0812. The smallest absolute Gasteiger partial charge is 0.301 e. The SMILES string of the molecule is CN1CCc2c(sc3ncn4nc(-c5c(Cl)c(C(F)(F)F)nn5C)nc4c23)C1. The second-order valence-corrected chi connectivity index (χ2v) is 8.21. The highest BCUT2D eigenvalue weighted by Gasteiger charge is 2.39. The average Bonchev–Trinajstić information content (AvgIpc) is 3.26. The summed E-state index contributed by atoms with van der Waals surface area (Å²) in [6.45, 7) is 1.76. The maximum atomic E-state index is 13.1. The molecule has 5 rings (SSSR count). The van der Waals surface area contributed by atoms with Gasteiger partial charge in [-0.1, -0.05) is 11.6 Å². The van der Waals surface area contributed by atoms with E-state index in [2.05, 4.69) is 32.1 Å². The molecule has 0 spiro atoms. The molecule has 1 aliphatic heterocycles. The second kappa shape index (κ2) is 5.88. The van der Waals surface area contributed by atoms with Gasteiger partial charge in [0.25, 0.3) is 0 Å². The van der Waals surface area contributed by atoms with Crippen molar-refractivity contribution in [2.75, 3.05) is 13.6 Å². The fourth-order valence-electron chi connectivity index (χ4n) is 3.54. The highest BCUT2D eigenvalue weighted by atomic mass is 35.5. The molecule has 0 fully saturated rings. The van der Waals surface area contributed by atoms with Gasteiger partial charge in [0.1, 0.15) is 21.9 Å². The number of alkyl halides is 3. The summed E-state index contributed by atoms with van der Waals surface area (Å²) in [7, 11) is 3.45. The lowest BCUT2D eigenvalue weighted by atomic mass is 10.1. The van der Waals surface area contributed by atoms with E-state index in [9.17, 15) is 13.2 Å². The van der Waals surface area contributed by atoms with Gasteiger partial charge in [-0.05, 0) is 19.0 Å². The molecular formula is C16H13ClF3N7S. The van der Waals surface area contributed by atoms with Gasteiger partial charge in [-0.2, -0.15) is 18.3 Å². The summed E-state index contributed by atoms with van der Waals surface area (Å²) in [5.41, 5.74) is 0.620. The Morgan fingerprint density at radius 1 is 1.21 bits per heavy atom. The van der Waals surface area contributed by atoms with Crippen LogP contribution in [0.3, 0.4) is 0 Å². The van der Waals surface area contributed by atoms with Crippen molar-refractivity contribution in [2.45, 2.75) is 19.1 Å². The molecule has 0 aromatic carbocycles. The number of hydrogen-bond acceptors (Lipinski definition) is 6. The molecule has 0 saturated heterocycles. The number of aryl methyl sites for hydroxylation is 1. The molecule has 146 valence electrons. The van der Waals surface area contributed by atoms with Gasteiger partial charge in [0.05, 0.1) is 5.39 Å². The minimum atomic E-state index is -4.65. The van der Waals surface area contributed by atoms with Crippen molar-refractivity contribution in [1.82, 2.24) is 34.3 Å². The van der Waals surface area contributed by atoms with E-state index >= 15 is 0 Å². The lowest BCUT2D eigenvalue weighted by Crippen LogP contribution is -2.25. The van der Waals surface area contributed by atoms with Crippen LogP contribution >= 0.6 is 22.9 Å². The van der Waals surface area contributed by atoms with Crippen molar-refractivity contribution in [3.8, 4) is 11.5 Å². The van der Waals surface area contributed by atoms with Crippen LogP contribution in [-0.2, 0) is 26.2 Å². The van der Waals surface area contributed by atoms with Crippen LogP contribution in [0.4, 0.5) is 13.2 Å². The molecular weight excluding hydrogens is 415 g/mol. The summed E-state index contributed by atoms with van der Waals surface area (Å²) >= 11 is 7.60. The number of nitrogens with zero attached hydrogens (tertiary/aromatic N) is 7. The number of likely N-dealkylation sites (N-methyl/N-ethyl adjacent to an activating group) is 1. The predicted octanol–water partition coefficient (Wildman–Crippen LogP) is 3.40. The molecule has 0 unspecified atom stereocenters. The summed E-state index contributed by atoms with van der Waals surface area (Å²) in [6, 6.07) is 0. The number of aromatic nitrogens is 6. The number of rotatable bonds is 1. The predicted molar refractivity (Wildman–Crippen MR) is 98.4 cm³/mol. The number of thiophene rings is 1. The highest BCUT2D eigenvalue weighted by molar-refractivity contribution is 7.19. The monoisotopic (exact) mass is 427 g/mol. The van der Waals surface area contributed by atoms with Crippen LogP contribution in [0.15, 0.2) is 6.33 Å². The third-order valence-corrected chi connectivity index (χ3v) is 6.32. The van der Waals surface area contributed by atoms with Crippen LogP contribution in [-0.4, -0.2) is 47.9 Å². The van der Waals surface area contributed by atoms with E-state index in [-0.39, 0.29) is 11.5 Å². The van der Waals surface area contributed by atoms with E-state index in [1.165, 1.54) is 28.3 Å². The minimum Gasteiger partial charge on any atom is -0.301 e. The molecule has 4 aromatic heterocycles. The van der Waals surface area contributed by atoms with Crippen LogP contribution in [0.1, 0.15) is 16.1 Å². The first kappa shape index (κ1) is 17.8. The van der Waals surface area contributed by atoms with E-state index in [0.717, 1.165) is 34.4 Å². The Labute approximate surface area is 165 Å². The van der Waals surface area contributed by atoms with Crippen LogP contribution in [0, 0.1) is 0 Å². The van der Waals surface area contributed by atoms with Gasteiger partial charge < -0.3 is 4.90 Å². The fraction of sp³-hybridized carbons (Fsp3) is 0.375. The molecule has 7 nitrogen and oxygen atoms in total. The zero-order valence-electron chi connectivity index (χ0n) is 14.7. The Kier molecular flexibility index (Phi) is 3.74. The van der Waals surface area contributed by atoms with E-state index < -0.39 is 16.9 Å². The van der Waals surface area contributed by atoms with Crippen molar-refractivity contribution >= 4 is 38.8 Å². The van der Waals surface area contributed by atoms with Crippen LogP contribution in [0.2, 0.25) is 5.02 Å². The number of halogens is 4. The molecule has 4 aromatic rings. The van der Waals surface area contributed by atoms with Gasteiger partial charge in [-0.3, -0.25) is 4.68 Å². The first-order valence-electron chi connectivity index (χ1n) is 8.38. The molecule has 0 bridgehead atoms. The topological polar surface area (TPSA) is 64.1 Å². The zero-order valence-corrected chi connectivity index (χ0v) is 16.3. The zero-order chi connectivity index (χ0) is 19.8. The van der Waals surface area contributed by atoms with Crippen molar-refractivity contribution < 1.29 is 13.2 Å². The van der Waals surface area contributed by atoms with Gasteiger partial charge in [0, 0.05) is 25.0 Å². The number of hydrogen-bond donors (Lipinski definition) is 0. The summed E-state index contributed by atoms with van der Waals surface area (Å²) in [6.07, 6.45) is -2.27. The highest BCUT2D eigenvalue weighted by Crippen LogP contribution is 2.40. The molecule has 0 N–H and O–H groups in total. The Bertz CT molecular complexity index is 1240. The van der Waals surface area contributed by atoms with E-state index in [0.29, 0.717) is 5.65 Å². The molecule has 28 heavy (non-hydrogen) atoms. The van der Waals surface area contributed by atoms with Gasteiger partial charge in [-0.25, -0.2) is 14.5 Å². The lowest BCUT2D eigenvalue weighted by Gasteiger charge is -2.21. The lowest BCUT2D eigenvalue weighted by molar-refractivity contribution is -0.141. The molecule has 0 atom stereocenters. The normalized spacial score (nSPS) is 15.6. The fourth-order valence-corrected chi connectivity index (χ4v) is 5.16. The van der Waals surface area contributed by atoms with Crippen molar-refractivity contribution in [1.29, 1.82) is 0 Å². The molecule has 0 aliphatic carbocycles. The van der Waals surface area contributed by atoms with E-state index in [4.69, 9.17) is 11.6 Å². The third-order valence-electron chi connectivity index (χ3n) is 4.84. The second-order valence-electron chi connectivity index (χ2n) is 6.75. The van der Waals surface area contributed by atoms with Gasteiger partial charge in [0.15, 0.2) is 11.3 Å². The van der Waals surface area contributed by atoms with Crippen molar-refractivity contribution in [2.24, 2.45) is 7.05 Å². The summed E-state index contributed by atoms with van der Waals surface area (Å²) < 4.78 is 41.9. The molecule has 12 heteroatoms. The summed E-state index contributed by atoms with van der Waals surface area (Å²) in [4.78, 5) is 13.3. The van der Waals surface area contributed by atoms with E-state index in [1.54, 1.807) is 11.3 Å². The first-order valence-corrected chi connectivity index (χ1v) is 9.57. The maximum Gasteiger partial charge on any atom is 0.436 e. The van der Waals surface area contributed by atoms with Gasteiger partial charge in [-0.15, -0.1) is 16.4 Å². The van der Waals surface area contributed by atoms with Crippen LogP contribution in [0.5, 0.6) is 0 Å². The Hall–Kier alpha value is -2.24. The maximum absolute atomic E-state index is 13.1. The Balaban J connectivity index is 1.74. The standard InChI is InChI=1S/C16H13ClF3N7S/c1-25-4-3-7-8(5-25)28-15-9(7)14-22-13(24-27(14)6-21-15)11-10(17)12(16(18,19)20)23-26(11)2/h6H,3-5H2,1-2H3. The van der Waals surface area contributed by atoms with Gasteiger partial charge in [0.2, 0.25) is 5.82 Å². The van der Waals surface area contributed by atoms with Crippen molar-refractivity contribution in [3.63, 3.8) is 0 Å². The first-order chi connectivity index (χ1) is 13.2. The van der Waals surface area contributed by atoms with E-state index in [1.807, 2.05) is 0 Å². The Morgan fingerprint density at radius 2 is 2.00 bits per heavy atom. The number of fused-ring (bicyclic) bond motifs is 5. The molecule has 5 heterocycles. The quantitative estimate of drug-likeness (QED) is 0.466. The summed E-state index contributed by atoms with van der Waals surface area (Å²) in [5, 5.41) is 8.22. The van der Waals surface area contributed by atoms with Crippen molar-refractivity contribution in [3.05, 3.63) is 27.5 Å². The molecule has 0 saturated carbocycles.